The zero-order valence-corrected chi connectivity index (χ0v) is 9.93. The molecule has 1 aliphatic heterocycles. The van der Waals surface area contributed by atoms with E-state index in [-0.39, 0.29) is 12.0 Å². The molecule has 1 aromatic rings. The van der Waals surface area contributed by atoms with E-state index in [0.717, 1.165) is 11.3 Å². The predicted molar refractivity (Wildman–Crippen MR) is 63.9 cm³/mol. The van der Waals surface area contributed by atoms with Crippen molar-refractivity contribution in [2.45, 2.75) is 18.9 Å². The molecule has 4 nitrogen and oxygen atoms in total. The lowest BCUT2D eigenvalue weighted by Crippen LogP contribution is -2.30. The number of carbonyl (C=O) groups is 1. The van der Waals surface area contributed by atoms with Crippen LogP contribution in [0.1, 0.15) is 12.0 Å². The normalized spacial score (nSPS) is 19.4. The Morgan fingerprint density at radius 2 is 2.29 bits per heavy atom. The van der Waals surface area contributed by atoms with Crippen LogP contribution in [0.5, 0.6) is 5.75 Å². The zero-order chi connectivity index (χ0) is 12.3. The molecule has 0 spiro atoms. The van der Waals surface area contributed by atoms with Crippen LogP contribution in [0.15, 0.2) is 24.3 Å². The van der Waals surface area contributed by atoms with Crippen molar-refractivity contribution in [2.24, 2.45) is 0 Å². The number of methoxy groups -OCH3 is 1. The van der Waals surface area contributed by atoms with E-state index in [4.69, 9.17) is 4.74 Å². The number of ether oxygens (including phenoxy) is 1. The predicted octanol–water partition coefficient (Wildman–Crippen LogP) is 0.831. The van der Waals surface area contributed by atoms with E-state index in [0.29, 0.717) is 25.9 Å². The van der Waals surface area contributed by atoms with Crippen LogP contribution in [-0.2, 0) is 11.2 Å². The Labute approximate surface area is 101 Å². The summed E-state index contributed by atoms with van der Waals surface area (Å²) in [5.41, 5.74) is 0.890. The molecule has 1 saturated heterocycles. The maximum atomic E-state index is 12.0. The van der Waals surface area contributed by atoms with Crippen LogP contribution in [0.3, 0.4) is 0 Å². The van der Waals surface area contributed by atoms with Crippen molar-refractivity contribution in [1.82, 2.24) is 4.90 Å². The van der Waals surface area contributed by atoms with E-state index in [1.807, 2.05) is 24.3 Å². The Bertz CT molecular complexity index is 405. The highest BCUT2D eigenvalue weighted by Gasteiger charge is 2.24. The summed E-state index contributed by atoms with van der Waals surface area (Å²) in [6.07, 6.45) is 0.644. The molecule has 0 aromatic heterocycles. The Hall–Kier alpha value is -1.55. The number of benzene rings is 1. The molecule has 0 radical (unpaired) electrons. The van der Waals surface area contributed by atoms with E-state index >= 15 is 0 Å². The van der Waals surface area contributed by atoms with Gasteiger partial charge in [0.2, 0.25) is 5.91 Å². The third-order valence-corrected chi connectivity index (χ3v) is 3.05. The van der Waals surface area contributed by atoms with E-state index in [2.05, 4.69) is 0 Å². The quantitative estimate of drug-likeness (QED) is 0.844. The molecule has 1 heterocycles. The molecule has 0 saturated carbocycles. The number of hydrogen-bond donors (Lipinski definition) is 1. The van der Waals surface area contributed by atoms with Crippen molar-refractivity contribution in [3.63, 3.8) is 0 Å². The van der Waals surface area contributed by atoms with E-state index in [1.165, 1.54) is 0 Å². The van der Waals surface area contributed by atoms with Crippen LogP contribution in [0.2, 0.25) is 0 Å². The van der Waals surface area contributed by atoms with Crippen molar-refractivity contribution in [1.29, 1.82) is 0 Å². The number of hydrogen-bond acceptors (Lipinski definition) is 3. The van der Waals surface area contributed by atoms with Crippen LogP contribution < -0.4 is 4.74 Å². The maximum absolute atomic E-state index is 12.0. The van der Waals surface area contributed by atoms with Gasteiger partial charge in [-0.25, -0.2) is 0 Å². The number of carbonyl (C=O) groups excluding carboxylic acids is 1. The largest absolute Gasteiger partial charge is 0.496 e. The molecule has 17 heavy (non-hydrogen) atoms. The summed E-state index contributed by atoms with van der Waals surface area (Å²) in [6.45, 7) is 1.10. The molecule has 1 aliphatic rings. The van der Waals surface area contributed by atoms with Gasteiger partial charge in [-0.1, -0.05) is 18.2 Å². The summed E-state index contributed by atoms with van der Waals surface area (Å²) in [7, 11) is 1.60. The molecular formula is C13H17NO3. The maximum Gasteiger partial charge on any atom is 0.227 e. The minimum absolute atomic E-state index is 0.0473. The molecule has 1 N–H and O–H groups in total. The second-order valence-electron chi connectivity index (χ2n) is 4.27. The van der Waals surface area contributed by atoms with Gasteiger partial charge >= 0.3 is 0 Å². The second-order valence-corrected chi connectivity index (χ2v) is 4.27. The lowest BCUT2D eigenvalue weighted by molar-refractivity contribution is -0.129. The van der Waals surface area contributed by atoms with E-state index in [1.54, 1.807) is 12.0 Å². The van der Waals surface area contributed by atoms with E-state index < -0.39 is 0 Å². The van der Waals surface area contributed by atoms with Gasteiger partial charge in [-0.05, 0) is 12.5 Å². The van der Waals surface area contributed by atoms with Gasteiger partial charge in [-0.3, -0.25) is 4.79 Å². The van der Waals surface area contributed by atoms with Gasteiger partial charge in [0.25, 0.3) is 0 Å². The molecule has 0 bridgehead atoms. The Morgan fingerprint density at radius 1 is 1.53 bits per heavy atom. The number of β-amino-alcohol motifs (C(OH)–C–C–N with tert-alkyl or cyclic N) is 1. The SMILES string of the molecule is COc1ccccc1CC(=O)N1CC[C@H](O)C1. The number of likely N-dealkylation sites (tertiary alicyclic amines) is 1. The highest BCUT2D eigenvalue weighted by molar-refractivity contribution is 5.79. The number of para-hydroxylation sites is 1. The smallest absolute Gasteiger partial charge is 0.227 e. The minimum Gasteiger partial charge on any atom is -0.496 e. The van der Waals surface area contributed by atoms with Gasteiger partial charge in [0.1, 0.15) is 5.75 Å². The fourth-order valence-corrected chi connectivity index (χ4v) is 2.09. The average Bonchev–Trinajstić information content (AvgIpc) is 2.77. The third-order valence-electron chi connectivity index (χ3n) is 3.05. The van der Waals surface area contributed by atoms with Crippen molar-refractivity contribution < 1.29 is 14.6 Å². The van der Waals surface area contributed by atoms with Crippen LogP contribution >= 0.6 is 0 Å². The monoisotopic (exact) mass is 235 g/mol. The molecule has 4 heteroatoms. The average molecular weight is 235 g/mol. The van der Waals surface area contributed by atoms with Gasteiger partial charge in [-0.15, -0.1) is 0 Å². The van der Waals surface area contributed by atoms with Crippen molar-refractivity contribution in [3.05, 3.63) is 29.8 Å². The molecule has 1 amide bonds. The molecule has 0 unspecified atom stereocenters. The Morgan fingerprint density at radius 3 is 2.94 bits per heavy atom. The lowest BCUT2D eigenvalue weighted by atomic mass is 10.1. The number of aliphatic hydroxyl groups excluding tert-OH is 1. The first-order chi connectivity index (χ1) is 8.20. The fourth-order valence-electron chi connectivity index (χ4n) is 2.09. The molecule has 1 atom stereocenters. The molecule has 1 fully saturated rings. The number of nitrogens with zero attached hydrogens (tertiary/aromatic N) is 1. The van der Waals surface area contributed by atoms with Gasteiger partial charge in [0, 0.05) is 18.7 Å². The minimum atomic E-state index is -0.364. The first-order valence-corrected chi connectivity index (χ1v) is 5.78. The third kappa shape index (κ3) is 2.77. The van der Waals surface area contributed by atoms with Gasteiger partial charge in [0.05, 0.1) is 19.6 Å². The molecule has 1 aromatic carbocycles. The molecular weight excluding hydrogens is 218 g/mol. The molecule has 2 rings (SSSR count). The highest BCUT2D eigenvalue weighted by Crippen LogP contribution is 2.19. The van der Waals surface area contributed by atoms with Crippen LogP contribution in [0, 0.1) is 0 Å². The zero-order valence-electron chi connectivity index (χ0n) is 9.93. The van der Waals surface area contributed by atoms with Crippen molar-refractivity contribution >= 4 is 5.91 Å². The van der Waals surface area contributed by atoms with Crippen LogP contribution in [0.4, 0.5) is 0 Å². The summed E-state index contributed by atoms with van der Waals surface area (Å²) < 4.78 is 5.21. The van der Waals surface area contributed by atoms with Crippen LogP contribution in [-0.4, -0.2) is 42.2 Å². The standard InChI is InChI=1S/C13H17NO3/c1-17-12-5-3-2-4-10(12)8-13(16)14-7-6-11(15)9-14/h2-5,11,15H,6-9H2,1H3/t11-/m0/s1. The number of aliphatic hydroxyl groups is 1. The van der Waals surface area contributed by atoms with Crippen molar-refractivity contribution in [2.75, 3.05) is 20.2 Å². The summed E-state index contributed by atoms with van der Waals surface area (Å²) in [5.74, 6) is 0.784. The Balaban J connectivity index is 2.03. The highest BCUT2D eigenvalue weighted by atomic mass is 16.5. The lowest BCUT2D eigenvalue weighted by Gasteiger charge is -2.16. The summed E-state index contributed by atoms with van der Waals surface area (Å²) in [4.78, 5) is 13.7. The van der Waals surface area contributed by atoms with E-state index in [9.17, 15) is 9.90 Å². The topological polar surface area (TPSA) is 49.8 Å². The number of amides is 1. The molecule has 92 valence electrons. The fraction of sp³-hybridized carbons (Fsp3) is 0.462. The summed E-state index contributed by atoms with van der Waals surface area (Å²) >= 11 is 0. The van der Waals surface area contributed by atoms with Crippen LogP contribution in [0.25, 0.3) is 0 Å². The first kappa shape index (κ1) is 11.9. The van der Waals surface area contributed by atoms with Crippen molar-refractivity contribution in [3.8, 4) is 5.75 Å². The van der Waals surface area contributed by atoms with Gasteiger partial charge in [-0.2, -0.15) is 0 Å². The van der Waals surface area contributed by atoms with Gasteiger partial charge in [0.15, 0.2) is 0 Å². The van der Waals surface area contributed by atoms with Gasteiger partial charge < -0.3 is 14.7 Å². The summed E-state index contributed by atoms with van der Waals surface area (Å²) in [5, 5.41) is 9.40. The Kier molecular flexibility index (Phi) is 3.64. The second kappa shape index (κ2) is 5.19. The first-order valence-electron chi connectivity index (χ1n) is 5.78. The summed E-state index contributed by atoms with van der Waals surface area (Å²) in [6, 6.07) is 7.51. The molecule has 0 aliphatic carbocycles. The number of rotatable bonds is 3.